The molecule has 0 N–H and O–H groups in total. The second-order valence-corrected chi connectivity index (χ2v) is 6.54. The van der Waals surface area contributed by atoms with Crippen molar-refractivity contribution in [1.82, 2.24) is 4.98 Å². The van der Waals surface area contributed by atoms with E-state index in [4.69, 9.17) is 9.47 Å². The average molecular weight is 357 g/mol. The van der Waals surface area contributed by atoms with Crippen LogP contribution < -0.4 is 9.47 Å². The number of esters is 1. The number of pyridine rings is 1. The maximum absolute atomic E-state index is 11.1. The first-order chi connectivity index (χ1) is 13.1. The molecule has 0 saturated carbocycles. The number of benzene rings is 2. The van der Waals surface area contributed by atoms with Crippen LogP contribution in [0.1, 0.15) is 35.3 Å². The SMILES string of the molecule is CC(=O)Oc1ccc(C2=Cc3ccc(C)cc3OC2c2cccnc2)cc1. The Kier molecular flexibility index (Phi) is 4.47. The number of hydrogen-bond acceptors (Lipinski definition) is 4. The van der Waals surface area contributed by atoms with E-state index in [1.54, 1.807) is 18.3 Å². The van der Waals surface area contributed by atoms with Gasteiger partial charge in [0.25, 0.3) is 0 Å². The molecule has 2 aromatic carbocycles. The lowest BCUT2D eigenvalue weighted by Gasteiger charge is -2.28. The second kappa shape index (κ2) is 7.08. The number of carbonyl (C=O) groups is 1. The van der Waals surface area contributed by atoms with E-state index in [2.05, 4.69) is 36.2 Å². The van der Waals surface area contributed by atoms with Crippen molar-refractivity contribution >= 4 is 17.6 Å². The molecule has 27 heavy (non-hydrogen) atoms. The van der Waals surface area contributed by atoms with Crippen LogP contribution in [0.15, 0.2) is 67.0 Å². The normalized spacial score (nSPS) is 15.3. The zero-order valence-electron chi connectivity index (χ0n) is 15.2. The van der Waals surface area contributed by atoms with Crippen LogP contribution in [0.4, 0.5) is 0 Å². The van der Waals surface area contributed by atoms with Gasteiger partial charge in [-0.25, -0.2) is 0 Å². The van der Waals surface area contributed by atoms with E-state index in [0.717, 1.165) is 33.6 Å². The van der Waals surface area contributed by atoms with E-state index in [1.807, 2.05) is 30.5 Å². The van der Waals surface area contributed by atoms with Crippen molar-refractivity contribution in [3.63, 3.8) is 0 Å². The molecule has 1 unspecified atom stereocenters. The summed E-state index contributed by atoms with van der Waals surface area (Å²) in [5.41, 5.74) is 5.22. The Balaban J connectivity index is 1.78. The van der Waals surface area contributed by atoms with Crippen molar-refractivity contribution in [3.8, 4) is 11.5 Å². The number of aromatic nitrogens is 1. The zero-order chi connectivity index (χ0) is 18.8. The highest BCUT2D eigenvalue weighted by molar-refractivity contribution is 5.88. The molecule has 0 saturated heterocycles. The van der Waals surface area contributed by atoms with Gasteiger partial charge < -0.3 is 9.47 Å². The van der Waals surface area contributed by atoms with Gasteiger partial charge >= 0.3 is 5.97 Å². The van der Waals surface area contributed by atoms with E-state index in [1.165, 1.54) is 6.92 Å². The lowest BCUT2D eigenvalue weighted by atomic mass is 9.91. The highest BCUT2D eigenvalue weighted by Crippen LogP contribution is 2.42. The van der Waals surface area contributed by atoms with E-state index in [0.29, 0.717) is 5.75 Å². The number of carbonyl (C=O) groups excluding carboxylic acids is 1. The number of rotatable bonds is 3. The second-order valence-electron chi connectivity index (χ2n) is 6.54. The van der Waals surface area contributed by atoms with Crippen LogP contribution in [0.5, 0.6) is 11.5 Å². The summed E-state index contributed by atoms with van der Waals surface area (Å²) in [7, 11) is 0. The zero-order valence-corrected chi connectivity index (χ0v) is 15.2. The molecule has 4 rings (SSSR count). The molecule has 0 fully saturated rings. The van der Waals surface area contributed by atoms with Gasteiger partial charge in [0.2, 0.25) is 0 Å². The van der Waals surface area contributed by atoms with Crippen LogP contribution in [0.2, 0.25) is 0 Å². The first-order valence-corrected chi connectivity index (χ1v) is 8.78. The van der Waals surface area contributed by atoms with Crippen LogP contribution in [0.3, 0.4) is 0 Å². The summed E-state index contributed by atoms with van der Waals surface area (Å²) in [5.74, 6) is 1.06. The molecule has 4 heteroatoms. The predicted molar refractivity (Wildman–Crippen MR) is 104 cm³/mol. The van der Waals surface area contributed by atoms with E-state index in [-0.39, 0.29) is 12.1 Å². The summed E-state index contributed by atoms with van der Waals surface area (Å²) >= 11 is 0. The first-order valence-electron chi connectivity index (χ1n) is 8.78. The van der Waals surface area contributed by atoms with E-state index in [9.17, 15) is 4.79 Å². The first kappa shape index (κ1) is 17.0. The summed E-state index contributed by atoms with van der Waals surface area (Å²) in [6.45, 7) is 3.44. The molecule has 1 atom stereocenters. The molecule has 1 aliphatic heterocycles. The largest absolute Gasteiger partial charge is 0.480 e. The maximum Gasteiger partial charge on any atom is 0.308 e. The van der Waals surface area contributed by atoms with Crippen LogP contribution in [0, 0.1) is 6.92 Å². The van der Waals surface area contributed by atoms with E-state index >= 15 is 0 Å². The quantitative estimate of drug-likeness (QED) is 0.489. The molecule has 0 aliphatic carbocycles. The summed E-state index contributed by atoms with van der Waals surface area (Å²) in [5, 5.41) is 0. The fourth-order valence-corrected chi connectivity index (χ4v) is 3.19. The fraction of sp³-hybridized carbons (Fsp3) is 0.130. The lowest BCUT2D eigenvalue weighted by molar-refractivity contribution is -0.131. The van der Waals surface area contributed by atoms with Crippen molar-refractivity contribution in [3.05, 3.63) is 89.2 Å². The van der Waals surface area contributed by atoms with Gasteiger partial charge in [0.1, 0.15) is 11.5 Å². The van der Waals surface area contributed by atoms with Gasteiger partial charge in [-0.2, -0.15) is 0 Å². The number of hydrogen-bond donors (Lipinski definition) is 0. The third-order valence-corrected chi connectivity index (χ3v) is 4.44. The minimum absolute atomic E-state index is 0.257. The monoisotopic (exact) mass is 357 g/mol. The van der Waals surface area contributed by atoms with Gasteiger partial charge in [-0.1, -0.05) is 30.3 Å². The Bertz CT molecular complexity index is 1010. The van der Waals surface area contributed by atoms with Gasteiger partial charge in [-0.05, 0) is 48.4 Å². The minimum Gasteiger partial charge on any atom is -0.480 e. The van der Waals surface area contributed by atoms with Crippen LogP contribution in [-0.2, 0) is 4.79 Å². The standard InChI is InChI=1S/C23H19NO3/c1-15-5-6-18-13-21(17-7-9-20(10-8-17)26-16(2)25)23(27-22(18)12-15)19-4-3-11-24-14-19/h3-14,23H,1-2H3. The Morgan fingerprint density at radius 1 is 1.11 bits per heavy atom. The highest BCUT2D eigenvalue weighted by atomic mass is 16.5. The van der Waals surface area contributed by atoms with Crippen molar-refractivity contribution in [2.45, 2.75) is 20.0 Å². The number of aryl methyl sites for hydroxylation is 1. The molecule has 1 aromatic heterocycles. The Hall–Kier alpha value is -3.40. The summed E-state index contributed by atoms with van der Waals surface area (Å²) in [6, 6.07) is 17.6. The third kappa shape index (κ3) is 3.60. The highest BCUT2D eigenvalue weighted by Gasteiger charge is 2.26. The molecular weight excluding hydrogens is 338 g/mol. The van der Waals surface area contributed by atoms with Crippen LogP contribution in [-0.4, -0.2) is 11.0 Å². The van der Waals surface area contributed by atoms with Crippen LogP contribution in [0.25, 0.3) is 11.6 Å². The van der Waals surface area contributed by atoms with Gasteiger partial charge in [-0.15, -0.1) is 0 Å². The molecule has 0 bridgehead atoms. The van der Waals surface area contributed by atoms with Gasteiger partial charge in [-0.3, -0.25) is 9.78 Å². The molecule has 0 radical (unpaired) electrons. The number of nitrogens with zero attached hydrogens (tertiary/aromatic N) is 1. The Morgan fingerprint density at radius 3 is 2.63 bits per heavy atom. The van der Waals surface area contributed by atoms with Gasteiger partial charge in [0.15, 0.2) is 6.10 Å². The smallest absolute Gasteiger partial charge is 0.308 e. The summed E-state index contributed by atoms with van der Waals surface area (Å²) < 4.78 is 11.5. The van der Waals surface area contributed by atoms with E-state index < -0.39 is 0 Å². The fourth-order valence-electron chi connectivity index (χ4n) is 3.19. The molecule has 0 spiro atoms. The molecule has 1 aliphatic rings. The van der Waals surface area contributed by atoms with Gasteiger partial charge in [0, 0.05) is 36.0 Å². The van der Waals surface area contributed by atoms with Gasteiger partial charge in [0.05, 0.1) is 0 Å². The van der Waals surface area contributed by atoms with Crippen molar-refractivity contribution in [1.29, 1.82) is 0 Å². The molecule has 134 valence electrons. The van der Waals surface area contributed by atoms with Crippen LogP contribution >= 0.6 is 0 Å². The molecule has 0 amide bonds. The van der Waals surface area contributed by atoms with Crippen molar-refractivity contribution in [2.75, 3.05) is 0 Å². The third-order valence-electron chi connectivity index (χ3n) is 4.44. The molecule has 2 heterocycles. The maximum atomic E-state index is 11.1. The molecule has 4 nitrogen and oxygen atoms in total. The Morgan fingerprint density at radius 2 is 1.93 bits per heavy atom. The summed E-state index contributed by atoms with van der Waals surface area (Å²) in [6.07, 6.45) is 5.47. The molecular formula is C23H19NO3. The minimum atomic E-state index is -0.333. The number of fused-ring (bicyclic) bond motifs is 1. The average Bonchev–Trinajstić information content (AvgIpc) is 2.68. The Labute approximate surface area is 158 Å². The van der Waals surface area contributed by atoms with Crippen molar-refractivity contribution < 1.29 is 14.3 Å². The topological polar surface area (TPSA) is 48.4 Å². The van der Waals surface area contributed by atoms with Crippen molar-refractivity contribution in [2.24, 2.45) is 0 Å². The lowest BCUT2D eigenvalue weighted by Crippen LogP contribution is -2.14. The summed E-state index contributed by atoms with van der Waals surface area (Å²) in [4.78, 5) is 15.4. The number of ether oxygens (including phenoxy) is 2. The predicted octanol–water partition coefficient (Wildman–Crippen LogP) is 4.99. The molecule has 3 aromatic rings.